The van der Waals surface area contributed by atoms with E-state index in [9.17, 15) is 4.79 Å². The molecule has 2 aliphatic rings. The summed E-state index contributed by atoms with van der Waals surface area (Å²) in [4.78, 5) is 32.6. The van der Waals surface area contributed by atoms with E-state index in [0.717, 1.165) is 74.5 Å². The lowest BCUT2D eigenvalue weighted by molar-refractivity contribution is 0.0664. The molecular weight excluding hydrogens is 400 g/mol. The smallest absolute Gasteiger partial charge is 0.254 e. The number of nitrogens with one attached hydrogen (secondary N) is 1. The predicted molar refractivity (Wildman–Crippen MR) is 125 cm³/mol. The molecule has 2 aromatic heterocycles. The van der Waals surface area contributed by atoms with Crippen LogP contribution in [0.3, 0.4) is 0 Å². The minimum Gasteiger partial charge on any atom is -0.341 e. The normalized spacial score (nSPS) is 19.5. The number of hydrogen-bond donors (Lipinski definition) is 1. The second kappa shape index (κ2) is 9.00. The van der Waals surface area contributed by atoms with Gasteiger partial charge in [-0.1, -0.05) is 13.0 Å². The van der Waals surface area contributed by atoms with Gasteiger partial charge in [0.1, 0.15) is 5.82 Å². The molecule has 0 bridgehead atoms. The number of piperazine rings is 1. The molecular formula is C25H32N6O. The van der Waals surface area contributed by atoms with Crippen LogP contribution in [-0.2, 0) is 13.0 Å². The van der Waals surface area contributed by atoms with Crippen molar-refractivity contribution < 1.29 is 4.79 Å². The van der Waals surface area contributed by atoms with Gasteiger partial charge in [-0.3, -0.25) is 14.7 Å². The van der Waals surface area contributed by atoms with Gasteiger partial charge in [-0.05, 0) is 62.7 Å². The number of hydrogen-bond acceptors (Lipinski definition) is 5. The lowest BCUT2D eigenvalue weighted by Crippen LogP contribution is -2.47. The molecule has 1 amide bonds. The molecule has 7 heteroatoms. The van der Waals surface area contributed by atoms with E-state index in [1.54, 1.807) is 0 Å². The first-order valence-electron chi connectivity index (χ1n) is 11.8. The molecule has 0 spiro atoms. The van der Waals surface area contributed by atoms with Crippen LogP contribution in [0.25, 0.3) is 11.0 Å². The van der Waals surface area contributed by atoms with Gasteiger partial charge in [0, 0.05) is 37.9 Å². The molecule has 1 N–H and O–H groups in total. The summed E-state index contributed by atoms with van der Waals surface area (Å²) in [7, 11) is 2.10. The Morgan fingerprint density at radius 1 is 1.22 bits per heavy atom. The summed E-state index contributed by atoms with van der Waals surface area (Å²) in [5.74, 6) is 1.05. The van der Waals surface area contributed by atoms with E-state index in [-0.39, 0.29) is 5.91 Å². The van der Waals surface area contributed by atoms with Gasteiger partial charge in [-0.25, -0.2) is 4.98 Å². The number of imidazole rings is 1. The number of nitrogens with zero attached hydrogens (tertiary/aromatic N) is 5. The molecule has 5 rings (SSSR count). The number of fused-ring (bicyclic) bond motifs is 2. The number of likely N-dealkylation sites (N-methyl/N-ethyl adjacent to an activating group) is 1. The first kappa shape index (κ1) is 21.1. The largest absolute Gasteiger partial charge is 0.341 e. The van der Waals surface area contributed by atoms with Crippen molar-refractivity contribution in [2.75, 3.05) is 39.8 Å². The summed E-state index contributed by atoms with van der Waals surface area (Å²) >= 11 is 0. The zero-order valence-corrected chi connectivity index (χ0v) is 19.0. The molecule has 32 heavy (non-hydrogen) atoms. The molecule has 1 unspecified atom stereocenters. The minimum atomic E-state index is 0.108. The Morgan fingerprint density at radius 3 is 2.88 bits per heavy atom. The topological polar surface area (TPSA) is 68.4 Å². The van der Waals surface area contributed by atoms with Gasteiger partial charge < -0.3 is 14.8 Å². The van der Waals surface area contributed by atoms with Crippen LogP contribution < -0.4 is 0 Å². The first-order valence-corrected chi connectivity index (χ1v) is 11.8. The molecule has 168 valence electrons. The van der Waals surface area contributed by atoms with Crippen LogP contribution >= 0.6 is 0 Å². The van der Waals surface area contributed by atoms with Gasteiger partial charge in [0.25, 0.3) is 5.91 Å². The molecule has 1 aliphatic carbocycles. The van der Waals surface area contributed by atoms with Crippen molar-refractivity contribution in [3.63, 3.8) is 0 Å². The maximum Gasteiger partial charge on any atom is 0.254 e. The zero-order valence-electron chi connectivity index (χ0n) is 19.0. The minimum absolute atomic E-state index is 0.108. The van der Waals surface area contributed by atoms with Crippen molar-refractivity contribution in [1.82, 2.24) is 29.7 Å². The second-order valence-electron chi connectivity index (χ2n) is 9.03. The number of benzene rings is 1. The lowest BCUT2D eigenvalue weighted by Gasteiger charge is -2.33. The van der Waals surface area contributed by atoms with Crippen LogP contribution in [-0.4, -0.2) is 75.3 Å². The quantitative estimate of drug-likeness (QED) is 0.670. The molecule has 3 aromatic rings. The van der Waals surface area contributed by atoms with Crippen LogP contribution in [0.1, 0.15) is 53.2 Å². The average molecular weight is 433 g/mol. The third-order valence-electron chi connectivity index (χ3n) is 6.93. The Kier molecular flexibility index (Phi) is 5.93. The fourth-order valence-electron chi connectivity index (χ4n) is 5.04. The van der Waals surface area contributed by atoms with Crippen molar-refractivity contribution in [3.8, 4) is 0 Å². The predicted octanol–water partition coefficient (Wildman–Crippen LogP) is 3.25. The molecule has 1 aliphatic heterocycles. The number of aromatic amines is 1. The lowest BCUT2D eigenvalue weighted by atomic mass is 9.91. The van der Waals surface area contributed by atoms with Crippen LogP contribution in [0.15, 0.2) is 36.5 Å². The molecule has 1 saturated heterocycles. The van der Waals surface area contributed by atoms with Crippen molar-refractivity contribution in [2.24, 2.45) is 0 Å². The average Bonchev–Trinajstić information content (AvgIpc) is 3.24. The molecule has 0 saturated carbocycles. The van der Waals surface area contributed by atoms with Gasteiger partial charge in [-0.15, -0.1) is 0 Å². The van der Waals surface area contributed by atoms with E-state index in [1.165, 1.54) is 17.7 Å². The molecule has 3 heterocycles. The van der Waals surface area contributed by atoms with Gasteiger partial charge in [0.2, 0.25) is 0 Å². The Hall–Kier alpha value is -2.77. The van der Waals surface area contributed by atoms with Gasteiger partial charge in [-0.2, -0.15) is 0 Å². The maximum absolute atomic E-state index is 13.0. The van der Waals surface area contributed by atoms with Crippen molar-refractivity contribution in [1.29, 1.82) is 0 Å². The summed E-state index contributed by atoms with van der Waals surface area (Å²) in [5.41, 5.74) is 5.16. The summed E-state index contributed by atoms with van der Waals surface area (Å²) < 4.78 is 0. The maximum atomic E-state index is 13.0. The number of rotatable bonds is 5. The number of H-pyrrole nitrogens is 1. The fourth-order valence-corrected chi connectivity index (χ4v) is 5.04. The highest BCUT2D eigenvalue weighted by atomic mass is 16.2. The summed E-state index contributed by atoms with van der Waals surface area (Å²) in [6.07, 6.45) is 5.34. The van der Waals surface area contributed by atoms with E-state index in [2.05, 4.69) is 34.8 Å². The van der Waals surface area contributed by atoms with Gasteiger partial charge in [0.05, 0.1) is 29.3 Å². The number of carbonyl (C=O) groups excluding carboxylic acids is 1. The zero-order chi connectivity index (χ0) is 22.1. The summed E-state index contributed by atoms with van der Waals surface area (Å²) in [6.45, 7) is 7.29. The SMILES string of the molecule is CCN(Cc1nc2ccc(C(=O)N3CCN(C)CC3)cc2[nH]1)C1CCCc2cccnc21. The highest BCUT2D eigenvalue weighted by Gasteiger charge is 2.27. The molecule has 0 radical (unpaired) electrons. The number of carbonyl (C=O) groups is 1. The monoisotopic (exact) mass is 432 g/mol. The fraction of sp³-hybridized carbons (Fsp3) is 0.480. The van der Waals surface area contributed by atoms with E-state index in [4.69, 9.17) is 9.97 Å². The van der Waals surface area contributed by atoms with Crippen molar-refractivity contribution in [2.45, 2.75) is 38.8 Å². The molecule has 1 aromatic carbocycles. The third kappa shape index (κ3) is 4.14. The number of aromatic nitrogens is 3. The van der Waals surface area contributed by atoms with Gasteiger partial charge >= 0.3 is 0 Å². The van der Waals surface area contributed by atoms with Crippen LogP contribution in [0.4, 0.5) is 0 Å². The standard InChI is InChI=1S/C25H32N6O/c1-3-30(22-8-4-6-18-7-5-11-26-24(18)22)17-23-27-20-10-9-19(16-21(20)28-23)25(32)31-14-12-29(2)13-15-31/h5,7,9-11,16,22H,3-4,6,8,12-15,17H2,1-2H3,(H,27,28). The second-order valence-corrected chi connectivity index (χ2v) is 9.03. The Balaban J connectivity index is 1.34. The first-order chi connectivity index (χ1) is 15.6. The molecule has 7 nitrogen and oxygen atoms in total. The highest BCUT2D eigenvalue weighted by molar-refractivity contribution is 5.97. The van der Waals surface area contributed by atoms with Crippen LogP contribution in [0.2, 0.25) is 0 Å². The van der Waals surface area contributed by atoms with Crippen molar-refractivity contribution in [3.05, 3.63) is 59.2 Å². The third-order valence-corrected chi connectivity index (χ3v) is 6.93. The number of pyridine rings is 1. The van der Waals surface area contributed by atoms with E-state index < -0.39 is 0 Å². The van der Waals surface area contributed by atoms with E-state index in [0.29, 0.717) is 6.04 Å². The summed E-state index contributed by atoms with van der Waals surface area (Å²) in [6, 6.07) is 10.4. The van der Waals surface area contributed by atoms with Gasteiger partial charge in [0.15, 0.2) is 0 Å². The number of aryl methyl sites for hydroxylation is 1. The van der Waals surface area contributed by atoms with Crippen LogP contribution in [0.5, 0.6) is 0 Å². The highest BCUT2D eigenvalue weighted by Crippen LogP contribution is 2.33. The Morgan fingerprint density at radius 2 is 2.06 bits per heavy atom. The Bertz CT molecular complexity index is 1100. The molecule has 1 fully saturated rings. The van der Waals surface area contributed by atoms with Crippen LogP contribution in [0, 0.1) is 0 Å². The Labute approximate surface area is 189 Å². The van der Waals surface area contributed by atoms with E-state index >= 15 is 0 Å². The summed E-state index contributed by atoms with van der Waals surface area (Å²) in [5, 5.41) is 0. The van der Waals surface area contributed by atoms with Crippen molar-refractivity contribution >= 4 is 16.9 Å². The van der Waals surface area contributed by atoms with E-state index in [1.807, 2.05) is 35.4 Å². The number of amides is 1. The molecule has 1 atom stereocenters.